The Morgan fingerprint density at radius 2 is 1.85 bits per heavy atom. The summed E-state index contributed by atoms with van der Waals surface area (Å²) in [6.45, 7) is 1.76. The van der Waals surface area contributed by atoms with Crippen LogP contribution in [0.2, 0.25) is 0 Å². The molecule has 20 heavy (non-hydrogen) atoms. The van der Waals surface area contributed by atoms with Crippen LogP contribution in [0.15, 0.2) is 41.3 Å². The lowest BCUT2D eigenvalue weighted by Crippen LogP contribution is -2.15. The molecule has 0 fully saturated rings. The summed E-state index contributed by atoms with van der Waals surface area (Å²) >= 11 is 0. The van der Waals surface area contributed by atoms with E-state index in [9.17, 15) is 14.4 Å². The average molecular weight is 272 g/mol. The number of aromatic nitrogens is 1. The zero-order valence-corrected chi connectivity index (χ0v) is 10.6. The number of anilines is 1. The molecule has 0 atom stereocenters. The third-order valence-corrected chi connectivity index (χ3v) is 2.78. The molecule has 0 unspecified atom stereocenters. The Morgan fingerprint density at radius 3 is 2.45 bits per heavy atom. The first kappa shape index (κ1) is 13.5. The number of aryl methyl sites for hydroxylation is 1. The minimum absolute atomic E-state index is 0.0902. The van der Waals surface area contributed by atoms with Crippen LogP contribution in [-0.4, -0.2) is 22.0 Å². The third kappa shape index (κ3) is 2.92. The van der Waals surface area contributed by atoms with Gasteiger partial charge in [-0.1, -0.05) is 6.07 Å². The molecule has 2 aromatic rings. The van der Waals surface area contributed by atoms with Gasteiger partial charge in [-0.15, -0.1) is 0 Å². The topological polar surface area (TPSA) is 99.3 Å². The van der Waals surface area contributed by atoms with E-state index in [0.29, 0.717) is 5.69 Å². The number of aromatic amines is 1. The van der Waals surface area contributed by atoms with Gasteiger partial charge in [0.25, 0.3) is 5.91 Å². The SMILES string of the molecule is Cc1ccc(C(=O)O)cc1NC(=O)c1ccc(=O)[nH]c1. The van der Waals surface area contributed by atoms with Crippen molar-refractivity contribution in [2.24, 2.45) is 0 Å². The number of carbonyl (C=O) groups is 2. The van der Waals surface area contributed by atoms with Crippen LogP contribution < -0.4 is 10.9 Å². The molecule has 0 radical (unpaired) electrons. The van der Waals surface area contributed by atoms with Crippen LogP contribution in [0, 0.1) is 6.92 Å². The Kier molecular flexibility index (Phi) is 3.65. The van der Waals surface area contributed by atoms with Crippen molar-refractivity contribution >= 4 is 17.6 Å². The maximum Gasteiger partial charge on any atom is 0.335 e. The first-order valence-corrected chi connectivity index (χ1v) is 5.81. The third-order valence-electron chi connectivity index (χ3n) is 2.78. The van der Waals surface area contributed by atoms with Crippen molar-refractivity contribution in [1.29, 1.82) is 0 Å². The second-order valence-electron chi connectivity index (χ2n) is 4.23. The number of carboxylic acids is 1. The van der Waals surface area contributed by atoms with E-state index in [4.69, 9.17) is 5.11 Å². The number of nitrogens with one attached hydrogen (secondary N) is 2. The molecular weight excluding hydrogens is 260 g/mol. The van der Waals surface area contributed by atoms with E-state index >= 15 is 0 Å². The van der Waals surface area contributed by atoms with Crippen molar-refractivity contribution in [3.8, 4) is 0 Å². The number of pyridine rings is 1. The molecule has 102 valence electrons. The summed E-state index contributed by atoms with van der Waals surface area (Å²) in [7, 11) is 0. The van der Waals surface area contributed by atoms with Crippen molar-refractivity contribution in [3.05, 3.63) is 63.6 Å². The highest BCUT2D eigenvalue weighted by Crippen LogP contribution is 2.17. The average Bonchev–Trinajstić information content (AvgIpc) is 2.41. The fourth-order valence-electron chi connectivity index (χ4n) is 1.64. The molecule has 1 aromatic heterocycles. The lowest BCUT2D eigenvalue weighted by molar-refractivity contribution is 0.0696. The summed E-state index contributed by atoms with van der Waals surface area (Å²) in [5.74, 6) is -1.49. The number of H-pyrrole nitrogens is 1. The first-order chi connectivity index (χ1) is 9.47. The standard InChI is InChI=1S/C14H12N2O4/c1-8-2-3-9(14(19)20)6-11(8)16-13(18)10-4-5-12(17)15-7-10/h2-7H,1H3,(H,15,17)(H,16,18)(H,19,20). The second-order valence-corrected chi connectivity index (χ2v) is 4.23. The number of benzene rings is 1. The van der Waals surface area contributed by atoms with Crippen LogP contribution >= 0.6 is 0 Å². The normalized spacial score (nSPS) is 10.1. The first-order valence-electron chi connectivity index (χ1n) is 5.81. The van der Waals surface area contributed by atoms with Crippen molar-refractivity contribution in [2.45, 2.75) is 6.92 Å². The summed E-state index contributed by atoms with van der Waals surface area (Å²) in [4.78, 5) is 36.2. The molecule has 0 aliphatic rings. The summed E-state index contributed by atoms with van der Waals surface area (Å²) in [6.07, 6.45) is 1.30. The molecule has 0 saturated carbocycles. The summed E-state index contributed by atoms with van der Waals surface area (Å²) in [6, 6.07) is 7.11. The van der Waals surface area contributed by atoms with E-state index in [1.54, 1.807) is 13.0 Å². The van der Waals surface area contributed by atoms with Gasteiger partial charge in [0, 0.05) is 18.0 Å². The molecule has 1 heterocycles. The zero-order chi connectivity index (χ0) is 14.7. The smallest absolute Gasteiger partial charge is 0.335 e. The number of hydrogen-bond donors (Lipinski definition) is 3. The van der Waals surface area contributed by atoms with Gasteiger partial charge in [-0.2, -0.15) is 0 Å². The summed E-state index contributed by atoms with van der Waals surface area (Å²) in [5.41, 5.74) is 1.23. The predicted molar refractivity (Wildman–Crippen MR) is 73.2 cm³/mol. The maximum atomic E-state index is 12.0. The van der Waals surface area contributed by atoms with Gasteiger partial charge in [0.1, 0.15) is 0 Å². The van der Waals surface area contributed by atoms with E-state index in [-0.39, 0.29) is 16.7 Å². The van der Waals surface area contributed by atoms with E-state index < -0.39 is 11.9 Å². The van der Waals surface area contributed by atoms with Gasteiger partial charge in [0.05, 0.1) is 11.1 Å². The van der Waals surface area contributed by atoms with Crippen LogP contribution in [-0.2, 0) is 0 Å². The zero-order valence-electron chi connectivity index (χ0n) is 10.6. The van der Waals surface area contributed by atoms with Gasteiger partial charge in [0.2, 0.25) is 5.56 Å². The maximum absolute atomic E-state index is 12.0. The number of amides is 1. The molecule has 0 bridgehead atoms. The van der Waals surface area contributed by atoms with Gasteiger partial charge < -0.3 is 15.4 Å². The van der Waals surface area contributed by atoms with Crippen molar-refractivity contribution < 1.29 is 14.7 Å². The molecule has 1 aromatic carbocycles. The van der Waals surface area contributed by atoms with Crippen LogP contribution in [0.4, 0.5) is 5.69 Å². The number of carbonyl (C=O) groups excluding carboxylic acids is 1. The second kappa shape index (κ2) is 5.40. The molecule has 3 N–H and O–H groups in total. The highest BCUT2D eigenvalue weighted by atomic mass is 16.4. The highest BCUT2D eigenvalue weighted by molar-refractivity contribution is 6.05. The van der Waals surface area contributed by atoms with E-state index in [0.717, 1.165) is 5.56 Å². The van der Waals surface area contributed by atoms with E-state index in [1.165, 1.54) is 30.5 Å². The summed E-state index contributed by atoms with van der Waals surface area (Å²) in [5, 5.41) is 11.5. The van der Waals surface area contributed by atoms with E-state index in [1.807, 2.05) is 0 Å². The van der Waals surface area contributed by atoms with Gasteiger partial charge in [-0.05, 0) is 30.7 Å². The molecule has 6 heteroatoms. The highest BCUT2D eigenvalue weighted by Gasteiger charge is 2.10. The number of hydrogen-bond acceptors (Lipinski definition) is 3. The lowest BCUT2D eigenvalue weighted by atomic mass is 10.1. The lowest BCUT2D eigenvalue weighted by Gasteiger charge is -2.09. The van der Waals surface area contributed by atoms with Crippen molar-refractivity contribution in [2.75, 3.05) is 5.32 Å². The van der Waals surface area contributed by atoms with Crippen LogP contribution in [0.3, 0.4) is 0 Å². The van der Waals surface area contributed by atoms with Gasteiger partial charge in [-0.3, -0.25) is 9.59 Å². The van der Waals surface area contributed by atoms with Crippen molar-refractivity contribution in [1.82, 2.24) is 4.98 Å². The van der Waals surface area contributed by atoms with Gasteiger partial charge in [0.15, 0.2) is 0 Å². The Balaban J connectivity index is 2.27. The Morgan fingerprint density at radius 1 is 1.15 bits per heavy atom. The molecule has 0 saturated heterocycles. The molecule has 0 aliphatic heterocycles. The molecule has 1 amide bonds. The largest absolute Gasteiger partial charge is 0.478 e. The molecular formula is C14H12N2O4. The molecule has 0 spiro atoms. The molecule has 0 aliphatic carbocycles. The van der Waals surface area contributed by atoms with Gasteiger partial charge in [-0.25, -0.2) is 4.79 Å². The van der Waals surface area contributed by atoms with Crippen LogP contribution in [0.1, 0.15) is 26.3 Å². The minimum Gasteiger partial charge on any atom is -0.478 e. The van der Waals surface area contributed by atoms with E-state index in [2.05, 4.69) is 10.3 Å². The van der Waals surface area contributed by atoms with Crippen LogP contribution in [0.25, 0.3) is 0 Å². The number of carboxylic acid groups (broad SMARTS) is 1. The fraction of sp³-hybridized carbons (Fsp3) is 0.0714. The fourth-order valence-corrected chi connectivity index (χ4v) is 1.64. The van der Waals surface area contributed by atoms with Crippen molar-refractivity contribution in [3.63, 3.8) is 0 Å². The Labute approximate surface area is 114 Å². The molecule has 2 rings (SSSR count). The monoisotopic (exact) mass is 272 g/mol. The Bertz CT molecular complexity index is 714. The minimum atomic E-state index is -1.07. The van der Waals surface area contributed by atoms with Crippen LogP contribution in [0.5, 0.6) is 0 Å². The van der Waals surface area contributed by atoms with Gasteiger partial charge >= 0.3 is 5.97 Å². The molecule has 6 nitrogen and oxygen atoms in total. The number of aromatic carboxylic acids is 1. The summed E-state index contributed by atoms with van der Waals surface area (Å²) < 4.78 is 0. The number of rotatable bonds is 3. The predicted octanol–water partition coefficient (Wildman–Crippen LogP) is 1.63. The quantitative estimate of drug-likeness (QED) is 0.790. The Hall–Kier alpha value is -2.89.